The van der Waals surface area contributed by atoms with Gasteiger partial charge in [0, 0.05) is 6.07 Å². The van der Waals surface area contributed by atoms with Crippen molar-refractivity contribution in [1.29, 1.82) is 5.26 Å². The van der Waals surface area contributed by atoms with Gasteiger partial charge in [0.2, 0.25) is 0 Å². The third kappa shape index (κ3) is 2.61. The van der Waals surface area contributed by atoms with Gasteiger partial charge in [-0.1, -0.05) is 12.1 Å². The van der Waals surface area contributed by atoms with Crippen LogP contribution >= 0.6 is 0 Å². The summed E-state index contributed by atoms with van der Waals surface area (Å²) in [7, 11) is 1.53. The highest BCUT2D eigenvalue weighted by Gasteiger charge is 2.05. The molecule has 0 aliphatic heterocycles. The monoisotopic (exact) mass is 239 g/mol. The van der Waals surface area contributed by atoms with Crippen molar-refractivity contribution < 1.29 is 9.47 Å². The van der Waals surface area contributed by atoms with Crippen LogP contribution < -0.4 is 9.47 Å². The maximum atomic E-state index is 8.90. The third-order valence-electron chi connectivity index (χ3n) is 2.52. The summed E-state index contributed by atoms with van der Waals surface area (Å²) < 4.78 is 10.8. The number of hydrogen-bond donors (Lipinski definition) is 0. The second-order valence-corrected chi connectivity index (χ2v) is 3.89. The highest BCUT2D eigenvalue weighted by atomic mass is 16.5. The van der Waals surface area contributed by atoms with Crippen molar-refractivity contribution in [3.05, 3.63) is 53.6 Å². The molecular formula is C15H13NO2. The van der Waals surface area contributed by atoms with E-state index in [1.54, 1.807) is 18.2 Å². The van der Waals surface area contributed by atoms with Gasteiger partial charge in [-0.3, -0.25) is 0 Å². The number of aryl methyl sites for hydroxylation is 1. The SMILES string of the molecule is COc1cc(Oc2cccc(C)c2)ccc1C#N. The van der Waals surface area contributed by atoms with Gasteiger partial charge in [0.15, 0.2) is 0 Å². The normalized spacial score (nSPS) is 9.61. The summed E-state index contributed by atoms with van der Waals surface area (Å²) in [5, 5.41) is 8.90. The molecule has 0 aliphatic rings. The Hall–Kier alpha value is -2.47. The summed E-state index contributed by atoms with van der Waals surface area (Å²) >= 11 is 0. The van der Waals surface area contributed by atoms with Crippen molar-refractivity contribution in [2.24, 2.45) is 0 Å². The number of nitrogens with zero attached hydrogens (tertiary/aromatic N) is 1. The largest absolute Gasteiger partial charge is 0.495 e. The van der Waals surface area contributed by atoms with E-state index in [-0.39, 0.29) is 0 Å². The Labute approximate surface area is 106 Å². The van der Waals surface area contributed by atoms with E-state index in [1.807, 2.05) is 31.2 Å². The summed E-state index contributed by atoms with van der Waals surface area (Å²) in [5.41, 5.74) is 1.63. The fourth-order valence-corrected chi connectivity index (χ4v) is 1.64. The molecule has 0 aliphatic carbocycles. The molecular weight excluding hydrogens is 226 g/mol. The van der Waals surface area contributed by atoms with Crippen LogP contribution in [-0.4, -0.2) is 7.11 Å². The second kappa shape index (κ2) is 5.24. The molecule has 90 valence electrons. The number of ether oxygens (including phenoxy) is 2. The predicted molar refractivity (Wildman–Crippen MR) is 69.0 cm³/mol. The van der Waals surface area contributed by atoms with Gasteiger partial charge in [0.1, 0.15) is 23.3 Å². The number of hydrogen-bond acceptors (Lipinski definition) is 3. The van der Waals surface area contributed by atoms with Crippen LogP contribution in [0.4, 0.5) is 0 Å². The van der Waals surface area contributed by atoms with E-state index in [9.17, 15) is 0 Å². The molecule has 2 aromatic carbocycles. The predicted octanol–water partition coefficient (Wildman–Crippen LogP) is 3.67. The first-order chi connectivity index (χ1) is 8.72. The van der Waals surface area contributed by atoms with Crippen molar-refractivity contribution >= 4 is 0 Å². The fourth-order valence-electron chi connectivity index (χ4n) is 1.64. The van der Waals surface area contributed by atoms with Crippen LogP contribution in [0.25, 0.3) is 0 Å². The molecule has 0 N–H and O–H groups in total. The molecule has 0 heterocycles. The van der Waals surface area contributed by atoms with E-state index in [0.717, 1.165) is 11.3 Å². The lowest BCUT2D eigenvalue weighted by Crippen LogP contribution is -1.90. The van der Waals surface area contributed by atoms with Gasteiger partial charge in [-0.25, -0.2) is 0 Å². The van der Waals surface area contributed by atoms with E-state index in [2.05, 4.69) is 6.07 Å². The van der Waals surface area contributed by atoms with Gasteiger partial charge in [-0.2, -0.15) is 5.26 Å². The number of rotatable bonds is 3. The van der Waals surface area contributed by atoms with Crippen LogP contribution in [0.5, 0.6) is 17.2 Å². The van der Waals surface area contributed by atoms with E-state index in [1.165, 1.54) is 7.11 Å². The second-order valence-electron chi connectivity index (χ2n) is 3.89. The lowest BCUT2D eigenvalue weighted by Gasteiger charge is -2.08. The van der Waals surface area contributed by atoms with Gasteiger partial charge in [0.25, 0.3) is 0 Å². The molecule has 0 spiro atoms. The van der Waals surface area contributed by atoms with E-state index >= 15 is 0 Å². The molecule has 0 saturated carbocycles. The Morgan fingerprint density at radius 2 is 1.83 bits per heavy atom. The zero-order valence-corrected chi connectivity index (χ0v) is 10.3. The molecule has 0 saturated heterocycles. The van der Waals surface area contributed by atoms with Crippen LogP contribution in [-0.2, 0) is 0 Å². The van der Waals surface area contributed by atoms with Gasteiger partial charge < -0.3 is 9.47 Å². The quantitative estimate of drug-likeness (QED) is 0.820. The Bertz CT molecular complexity index is 600. The van der Waals surface area contributed by atoms with Crippen LogP contribution in [0.1, 0.15) is 11.1 Å². The average molecular weight is 239 g/mol. The highest BCUT2D eigenvalue weighted by Crippen LogP contribution is 2.28. The van der Waals surface area contributed by atoms with E-state index in [4.69, 9.17) is 14.7 Å². The minimum Gasteiger partial charge on any atom is -0.495 e. The van der Waals surface area contributed by atoms with Crippen LogP contribution in [0, 0.1) is 18.3 Å². The smallest absolute Gasteiger partial charge is 0.140 e. The van der Waals surface area contributed by atoms with Crippen LogP contribution in [0.3, 0.4) is 0 Å². The van der Waals surface area contributed by atoms with Gasteiger partial charge in [0.05, 0.1) is 12.7 Å². The van der Waals surface area contributed by atoms with Crippen molar-refractivity contribution in [1.82, 2.24) is 0 Å². The summed E-state index contributed by atoms with van der Waals surface area (Å²) in [4.78, 5) is 0. The van der Waals surface area contributed by atoms with Crippen molar-refractivity contribution in [3.63, 3.8) is 0 Å². The topological polar surface area (TPSA) is 42.2 Å². The fraction of sp³-hybridized carbons (Fsp3) is 0.133. The summed E-state index contributed by atoms with van der Waals surface area (Å²) in [6.07, 6.45) is 0. The molecule has 0 radical (unpaired) electrons. The molecule has 2 aromatic rings. The van der Waals surface area contributed by atoms with E-state index in [0.29, 0.717) is 17.1 Å². The molecule has 0 amide bonds. The summed E-state index contributed by atoms with van der Waals surface area (Å²) in [6, 6.07) is 15.0. The molecule has 0 atom stereocenters. The van der Waals surface area contributed by atoms with Crippen molar-refractivity contribution in [2.45, 2.75) is 6.92 Å². The first kappa shape index (κ1) is 12.0. The zero-order chi connectivity index (χ0) is 13.0. The first-order valence-electron chi connectivity index (χ1n) is 5.55. The number of methoxy groups -OCH3 is 1. The van der Waals surface area contributed by atoms with E-state index < -0.39 is 0 Å². The lowest BCUT2D eigenvalue weighted by atomic mass is 10.2. The molecule has 3 nitrogen and oxygen atoms in total. The van der Waals surface area contributed by atoms with Crippen LogP contribution in [0.2, 0.25) is 0 Å². The Morgan fingerprint density at radius 1 is 1.06 bits per heavy atom. The maximum Gasteiger partial charge on any atom is 0.140 e. The number of benzene rings is 2. The van der Waals surface area contributed by atoms with Gasteiger partial charge in [-0.15, -0.1) is 0 Å². The van der Waals surface area contributed by atoms with Crippen molar-refractivity contribution in [2.75, 3.05) is 7.11 Å². The maximum absolute atomic E-state index is 8.90. The summed E-state index contributed by atoms with van der Waals surface area (Å²) in [5.74, 6) is 1.93. The lowest BCUT2D eigenvalue weighted by molar-refractivity contribution is 0.407. The summed E-state index contributed by atoms with van der Waals surface area (Å²) in [6.45, 7) is 2.01. The molecule has 0 aromatic heterocycles. The minimum absolute atomic E-state index is 0.495. The van der Waals surface area contributed by atoms with Crippen LogP contribution in [0.15, 0.2) is 42.5 Å². The number of nitriles is 1. The molecule has 0 bridgehead atoms. The molecule has 18 heavy (non-hydrogen) atoms. The highest BCUT2D eigenvalue weighted by molar-refractivity contribution is 5.48. The third-order valence-corrected chi connectivity index (χ3v) is 2.52. The molecule has 0 fully saturated rings. The Balaban J connectivity index is 2.28. The molecule has 3 heteroatoms. The standard InChI is InChI=1S/C15H13NO2/c1-11-4-3-5-13(8-11)18-14-7-6-12(10-16)15(9-14)17-2/h3-9H,1-2H3. The average Bonchev–Trinajstić information content (AvgIpc) is 2.38. The van der Waals surface area contributed by atoms with Gasteiger partial charge in [-0.05, 0) is 36.8 Å². The zero-order valence-electron chi connectivity index (χ0n) is 10.3. The molecule has 0 unspecified atom stereocenters. The molecule has 2 rings (SSSR count). The Kier molecular flexibility index (Phi) is 3.49. The minimum atomic E-state index is 0.495. The first-order valence-corrected chi connectivity index (χ1v) is 5.55. The Morgan fingerprint density at radius 3 is 2.50 bits per heavy atom. The van der Waals surface area contributed by atoms with Gasteiger partial charge >= 0.3 is 0 Å². The van der Waals surface area contributed by atoms with Crippen molar-refractivity contribution in [3.8, 4) is 23.3 Å².